The second kappa shape index (κ2) is 8.08. The Kier molecular flexibility index (Phi) is 5.17. The molecule has 2 N–H and O–H groups in total. The molecule has 0 unspecified atom stereocenters. The molecular formula is C23H19N3O4. The van der Waals surface area contributed by atoms with E-state index < -0.39 is 5.97 Å². The van der Waals surface area contributed by atoms with E-state index >= 15 is 0 Å². The molecule has 2 heterocycles. The molecule has 2 aromatic carbocycles. The Bertz CT molecular complexity index is 1190. The summed E-state index contributed by atoms with van der Waals surface area (Å²) in [7, 11) is 0. The van der Waals surface area contributed by atoms with Crippen LogP contribution in [0.1, 0.15) is 21.5 Å². The summed E-state index contributed by atoms with van der Waals surface area (Å²) in [4.78, 5) is 15.0. The summed E-state index contributed by atoms with van der Waals surface area (Å²) < 4.78 is 7.17. The molecule has 0 fully saturated rings. The summed E-state index contributed by atoms with van der Waals surface area (Å²) in [6.07, 6.45) is 2.77. The number of aromatic carboxylic acids is 1. The number of aromatic nitrogens is 3. The first-order valence-electron chi connectivity index (χ1n) is 9.27. The van der Waals surface area contributed by atoms with E-state index in [1.807, 2.05) is 55.5 Å². The summed E-state index contributed by atoms with van der Waals surface area (Å²) in [6.45, 7) is 2.42. The second-order valence-corrected chi connectivity index (χ2v) is 6.76. The topological polar surface area (TPSA) is 97.5 Å². The lowest BCUT2D eigenvalue weighted by molar-refractivity contribution is 0.0696. The maximum absolute atomic E-state index is 11.0. The van der Waals surface area contributed by atoms with Crippen molar-refractivity contribution in [1.29, 1.82) is 0 Å². The first kappa shape index (κ1) is 19.2. The number of rotatable bonds is 6. The van der Waals surface area contributed by atoms with Gasteiger partial charge in [0.05, 0.1) is 17.3 Å². The summed E-state index contributed by atoms with van der Waals surface area (Å²) >= 11 is 0. The van der Waals surface area contributed by atoms with Gasteiger partial charge in [-0.05, 0) is 47.9 Å². The molecule has 0 aliphatic carbocycles. The number of hydrogen-bond acceptors (Lipinski definition) is 5. The van der Waals surface area contributed by atoms with Crippen LogP contribution in [0.2, 0.25) is 0 Å². The predicted octanol–water partition coefficient (Wildman–Crippen LogP) is 4.23. The van der Waals surface area contributed by atoms with Crippen LogP contribution in [0.5, 0.6) is 11.6 Å². The fraction of sp³-hybridized carbons (Fsp3) is 0.0870. The summed E-state index contributed by atoms with van der Waals surface area (Å²) in [5.74, 6) is -0.0592. The molecule has 0 bridgehead atoms. The lowest BCUT2D eigenvalue weighted by atomic mass is 10.1. The molecule has 150 valence electrons. The van der Waals surface area contributed by atoms with Crippen molar-refractivity contribution in [2.75, 3.05) is 0 Å². The number of aryl methyl sites for hydroxylation is 1. The van der Waals surface area contributed by atoms with E-state index in [2.05, 4.69) is 10.1 Å². The highest BCUT2D eigenvalue weighted by molar-refractivity contribution is 5.87. The molecule has 4 aromatic rings. The van der Waals surface area contributed by atoms with Crippen LogP contribution in [-0.4, -0.2) is 30.9 Å². The molecule has 0 saturated heterocycles. The zero-order valence-corrected chi connectivity index (χ0v) is 16.2. The Labute approximate surface area is 172 Å². The average molecular weight is 401 g/mol. The van der Waals surface area contributed by atoms with Crippen LogP contribution in [-0.2, 0) is 6.61 Å². The quantitative estimate of drug-likeness (QED) is 0.502. The Morgan fingerprint density at radius 2 is 1.87 bits per heavy atom. The third-order valence-electron chi connectivity index (χ3n) is 4.68. The molecule has 7 nitrogen and oxygen atoms in total. The van der Waals surface area contributed by atoms with Gasteiger partial charge in [-0.3, -0.25) is 0 Å². The third kappa shape index (κ3) is 3.86. The molecule has 0 saturated carbocycles. The normalized spacial score (nSPS) is 10.7. The molecule has 4 rings (SSSR count). The van der Waals surface area contributed by atoms with E-state index in [1.54, 1.807) is 6.20 Å². The van der Waals surface area contributed by atoms with Gasteiger partial charge in [-0.1, -0.05) is 36.4 Å². The zero-order chi connectivity index (χ0) is 21.1. The SMILES string of the molecule is Cc1cc(-c2cnn(-c3ccc(C(=O)O)cn3)c2O)ccc1OCc1ccccc1. The van der Waals surface area contributed by atoms with Crippen LogP contribution in [0.15, 0.2) is 73.1 Å². The molecule has 2 aromatic heterocycles. The van der Waals surface area contributed by atoms with E-state index in [1.165, 1.54) is 23.0 Å². The molecule has 7 heteroatoms. The summed E-state index contributed by atoms with van der Waals surface area (Å²) in [5.41, 5.74) is 3.40. The van der Waals surface area contributed by atoms with Gasteiger partial charge in [0.15, 0.2) is 5.82 Å². The second-order valence-electron chi connectivity index (χ2n) is 6.76. The van der Waals surface area contributed by atoms with E-state index in [9.17, 15) is 9.90 Å². The maximum Gasteiger partial charge on any atom is 0.337 e. The van der Waals surface area contributed by atoms with Crippen LogP contribution in [0.4, 0.5) is 0 Å². The number of carboxylic acid groups (broad SMARTS) is 1. The van der Waals surface area contributed by atoms with Crippen molar-refractivity contribution in [3.05, 3.63) is 89.7 Å². The fourth-order valence-electron chi connectivity index (χ4n) is 3.07. The van der Waals surface area contributed by atoms with E-state index in [0.29, 0.717) is 18.0 Å². The van der Waals surface area contributed by atoms with Crippen LogP contribution in [0, 0.1) is 6.92 Å². The van der Waals surface area contributed by atoms with Gasteiger partial charge in [0, 0.05) is 6.20 Å². The van der Waals surface area contributed by atoms with Crippen molar-refractivity contribution in [3.8, 4) is 28.6 Å². The van der Waals surface area contributed by atoms with Gasteiger partial charge < -0.3 is 14.9 Å². The Morgan fingerprint density at radius 3 is 2.53 bits per heavy atom. The number of pyridine rings is 1. The smallest absolute Gasteiger partial charge is 0.337 e. The zero-order valence-electron chi connectivity index (χ0n) is 16.2. The van der Waals surface area contributed by atoms with Crippen LogP contribution >= 0.6 is 0 Å². The number of nitrogens with zero attached hydrogens (tertiary/aromatic N) is 3. The fourth-order valence-corrected chi connectivity index (χ4v) is 3.07. The van der Waals surface area contributed by atoms with Gasteiger partial charge in [-0.25, -0.2) is 9.78 Å². The lowest BCUT2D eigenvalue weighted by Gasteiger charge is -2.11. The minimum Gasteiger partial charge on any atom is -0.493 e. The van der Waals surface area contributed by atoms with Crippen molar-refractivity contribution in [2.24, 2.45) is 0 Å². The van der Waals surface area contributed by atoms with Gasteiger partial charge in [-0.15, -0.1) is 0 Å². The number of aromatic hydroxyl groups is 1. The van der Waals surface area contributed by atoms with Crippen molar-refractivity contribution in [1.82, 2.24) is 14.8 Å². The molecule has 0 radical (unpaired) electrons. The Balaban J connectivity index is 1.56. The predicted molar refractivity (Wildman–Crippen MR) is 111 cm³/mol. The molecule has 0 aliphatic rings. The van der Waals surface area contributed by atoms with Crippen molar-refractivity contribution < 1.29 is 19.7 Å². The number of hydrogen-bond donors (Lipinski definition) is 2. The van der Waals surface area contributed by atoms with Crippen molar-refractivity contribution in [3.63, 3.8) is 0 Å². The van der Waals surface area contributed by atoms with E-state index in [4.69, 9.17) is 9.84 Å². The highest BCUT2D eigenvalue weighted by Gasteiger charge is 2.15. The van der Waals surface area contributed by atoms with Crippen LogP contribution in [0.3, 0.4) is 0 Å². The van der Waals surface area contributed by atoms with Crippen LogP contribution in [0.25, 0.3) is 16.9 Å². The first-order chi connectivity index (χ1) is 14.5. The van der Waals surface area contributed by atoms with Crippen molar-refractivity contribution in [2.45, 2.75) is 13.5 Å². The minimum absolute atomic E-state index is 0.0623. The Hall–Kier alpha value is -4.13. The number of ether oxygens (including phenoxy) is 1. The standard InChI is InChI=1S/C23H19N3O4/c1-15-11-17(7-9-20(15)30-14-16-5-3-2-4-6-16)19-13-25-26(22(19)27)21-10-8-18(12-24-21)23(28)29/h2-13,27H,14H2,1H3,(H,28,29). The number of carbonyl (C=O) groups is 1. The molecular weight excluding hydrogens is 382 g/mol. The van der Waals surface area contributed by atoms with Gasteiger partial charge >= 0.3 is 5.97 Å². The highest BCUT2D eigenvalue weighted by atomic mass is 16.5. The molecule has 30 heavy (non-hydrogen) atoms. The van der Waals surface area contributed by atoms with Gasteiger partial charge in [-0.2, -0.15) is 9.78 Å². The third-order valence-corrected chi connectivity index (χ3v) is 4.68. The molecule has 0 atom stereocenters. The average Bonchev–Trinajstić information content (AvgIpc) is 3.15. The van der Waals surface area contributed by atoms with Gasteiger partial charge in [0.1, 0.15) is 12.4 Å². The van der Waals surface area contributed by atoms with Gasteiger partial charge in [0.25, 0.3) is 0 Å². The number of carboxylic acids is 1. The highest BCUT2D eigenvalue weighted by Crippen LogP contribution is 2.33. The minimum atomic E-state index is -1.07. The lowest BCUT2D eigenvalue weighted by Crippen LogP contribution is -2.02. The van der Waals surface area contributed by atoms with E-state index in [-0.39, 0.29) is 11.4 Å². The molecule has 0 amide bonds. The summed E-state index contributed by atoms with van der Waals surface area (Å²) in [6, 6.07) is 18.5. The molecule has 0 aliphatic heterocycles. The van der Waals surface area contributed by atoms with Crippen molar-refractivity contribution >= 4 is 5.97 Å². The first-order valence-corrected chi connectivity index (χ1v) is 9.27. The van der Waals surface area contributed by atoms with Crippen LogP contribution < -0.4 is 4.74 Å². The number of benzene rings is 2. The molecule has 0 spiro atoms. The Morgan fingerprint density at radius 1 is 1.07 bits per heavy atom. The van der Waals surface area contributed by atoms with Gasteiger partial charge in [0.2, 0.25) is 5.88 Å². The van der Waals surface area contributed by atoms with E-state index in [0.717, 1.165) is 22.4 Å². The monoisotopic (exact) mass is 401 g/mol. The summed E-state index contributed by atoms with van der Waals surface area (Å²) in [5, 5.41) is 23.8. The maximum atomic E-state index is 11.0. The largest absolute Gasteiger partial charge is 0.493 e.